The molecule has 0 bridgehead atoms. The van der Waals surface area contributed by atoms with Crippen LogP contribution in [0.4, 0.5) is 0 Å². The fourth-order valence-corrected chi connectivity index (χ4v) is 3.21. The molecule has 1 aromatic carbocycles. The molecule has 0 unspecified atom stereocenters. The number of rotatable bonds is 6. The summed E-state index contributed by atoms with van der Waals surface area (Å²) in [5.41, 5.74) is 1.42. The van der Waals surface area contributed by atoms with Crippen molar-refractivity contribution in [3.8, 4) is 0 Å². The van der Waals surface area contributed by atoms with Crippen LogP contribution in [-0.4, -0.2) is 29.9 Å². The van der Waals surface area contributed by atoms with Crippen LogP contribution in [0.25, 0.3) is 0 Å². The highest BCUT2D eigenvalue weighted by Crippen LogP contribution is 2.21. The van der Waals surface area contributed by atoms with Gasteiger partial charge in [-0.15, -0.1) is 0 Å². The molecule has 2 nitrogen and oxygen atoms in total. The fourth-order valence-electron chi connectivity index (χ4n) is 3.21. The average molecular weight is 286 g/mol. The summed E-state index contributed by atoms with van der Waals surface area (Å²) < 4.78 is 0. The van der Waals surface area contributed by atoms with Crippen LogP contribution >= 0.6 is 0 Å². The Kier molecular flexibility index (Phi) is 6.78. The van der Waals surface area contributed by atoms with Crippen LogP contribution in [0.5, 0.6) is 0 Å². The van der Waals surface area contributed by atoms with Crippen LogP contribution in [-0.2, 0) is 6.42 Å². The smallest absolute Gasteiger partial charge is 0.0995 e. The van der Waals surface area contributed by atoms with Crippen molar-refractivity contribution in [2.24, 2.45) is 4.99 Å². The zero-order valence-electron chi connectivity index (χ0n) is 13.7. The topological polar surface area (TPSA) is 15.6 Å². The summed E-state index contributed by atoms with van der Waals surface area (Å²) in [5.74, 6) is 1.33. The van der Waals surface area contributed by atoms with E-state index in [9.17, 15) is 0 Å². The van der Waals surface area contributed by atoms with Gasteiger partial charge in [-0.25, -0.2) is 0 Å². The molecule has 0 heterocycles. The Bertz CT molecular complexity index is 414. The Balaban J connectivity index is 2.02. The van der Waals surface area contributed by atoms with E-state index in [0.29, 0.717) is 6.04 Å². The Morgan fingerprint density at radius 2 is 1.71 bits per heavy atom. The molecule has 1 aliphatic carbocycles. The highest BCUT2D eigenvalue weighted by Gasteiger charge is 2.15. The summed E-state index contributed by atoms with van der Waals surface area (Å²) in [6.07, 6.45) is 8.87. The van der Waals surface area contributed by atoms with E-state index in [-0.39, 0.29) is 0 Å². The number of benzene rings is 1. The molecule has 0 saturated heterocycles. The quantitative estimate of drug-likeness (QED) is 0.547. The van der Waals surface area contributed by atoms with E-state index in [2.05, 4.69) is 49.1 Å². The maximum Gasteiger partial charge on any atom is 0.0995 e. The predicted molar refractivity (Wildman–Crippen MR) is 92.0 cm³/mol. The number of hydrogen-bond acceptors (Lipinski definition) is 1. The van der Waals surface area contributed by atoms with Gasteiger partial charge in [0.25, 0.3) is 0 Å². The summed E-state index contributed by atoms with van der Waals surface area (Å²) in [7, 11) is 0. The van der Waals surface area contributed by atoms with Crippen molar-refractivity contribution in [2.75, 3.05) is 13.1 Å². The lowest BCUT2D eigenvalue weighted by Crippen LogP contribution is -2.32. The first-order chi connectivity index (χ1) is 10.3. The highest BCUT2D eigenvalue weighted by atomic mass is 15.2. The molecular weight excluding hydrogens is 256 g/mol. The summed E-state index contributed by atoms with van der Waals surface area (Å²) in [5, 5.41) is 0. The van der Waals surface area contributed by atoms with E-state index in [1.165, 1.54) is 43.5 Å². The van der Waals surface area contributed by atoms with Gasteiger partial charge in [0.15, 0.2) is 0 Å². The van der Waals surface area contributed by atoms with E-state index >= 15 is 0 Å². The highest BCUT2D eigenvalue weighted by molar-refractivity contribution is 5.82. The number of aryl methyl sites for hydroxylation is 1. The zero-order valence-corrected chi connectivity index (χ0v) is 13.7. The molecular formula is C19H30N2. The van der Waals surface area contributed by atoms with Crippen LogP contribution in [0.15, 0.2) is 35.3 Å². The molecule has 0 amide bonds. The molecule has 0 aliphatic heterocycles. The monoisotopic (exact) mass is 286 g/mol. The van der Waals surface area contributed by atoms with Gasteiger partial charge < -0.3 is 4.90 Å². The first-order valence-corrected chi connectivity index (χ1v) is 8.69. The van der Waals surface area contributed by atoms with E-state index in [0.717, 1.165) is 25.9 Å². The van der Waals surface area contributed by atoms with Gasteiger partial charge in [-0.05, 0) is 38.7 Å². The minimum Gasteiger partial charge on any atom is -0.361 e. The van der Waals surface area contributed by atoms with Crippen molar-refractivity contribution in [1.82, 2.24) is 4.90 Å². The predicted octanol–water partition coefficient (Wildman–Crippen LogP) is 4.69. The molecule has 2 rings (SSSR count). The van der Waals surface area contributed by atoms with Gasteiger partial charge in [0.1, 0.15) is 0 Å². The lowest BCUT2D eigenvalue weighted by molar-refractivity contribution is 0.417. The third-order valence-electron chi connectivity index (χ3n) is 4.51. The SMILES string of the molecule is CCN(CC)C(CCc1ccccc1)=NC1CCCCC1. The first-order valence-electron chi connectivity index (χ1n) is 8.69. The lowest BCUT2D eigenvalue weighted by atomic mass is 9.96. The number of nitrogens with zero attached hydrogens (tertiary/aromatic N) is 2. The average Bonchev–Trinajstić information content (AvgIpc) is 2.55. The standard InChI is InChI=1S/C19H30N2/c1-3-21(4-2)19(20-18-13-9-6-10-14-18)16-15-17-11-7-5-8-12-17/h5,7-8,11-12,18H,3-4,6,9-10,13-16H2,1-2H3. The molecule has 1 aromatic rings. The maximum absolute atomic E-state index is 5.14. The second-order valence-electron chi connectivity index (χ2n) is 6.00. The maximum atomic E-state index is 5.14. The molecule has 2 heteroatoms. The third-order valence-corrected chi connectivity index (χ3v) is 4.51. The van der Waals surface area contributed by atoms with Gasteiger partial charge in [0.2, 0.25) is 0 Å². The van der Waals surface area contributed by atoms with E-state index in [4.69, 9.17) is 4.99 Å². The Morgan fingerprint density at radius 3 is 2.33 bits per heavy atom. The number of amidine groups is 1. The van der Waals surface area contributed by atoms with E-state index < -0.39 is 0 Å². The summed E-state index contributed by atoms with van der Waals surface area (Å²) in [6, 6.07) is 11.4. The zero-order chi connectivity index (χ0) is 14.9. The summed E-state index contributed by atoms with van der Waals surface area (Å²) >= 11 is 0. The Labute approximate surface area is 130 Å². The van der Waals surface area contributed by atoms with Gasteiger partial charge in [-0.3, -0.25) is 4.99 Å². The van der Waals surface area contributed by atoms with Crippen LogP contribution in [0, 0.1) is 0 Å². The van der Waals surface area contributed by atoms with Crippen molar-refractivity contribution in [3.63, 3.8) is 0 Å². The first kappa shape index (κ1) is 16.1. The normalized spacial score (nSPS) is 17.0. The molecule has 1 aliphatic rings. The van der Waals surface area contributed by atoms with Gasteiger partial charge in [-0.1, -0.05) is 49.6 Å². The molecule has 1 saturated carbocycles. The van der Waals surface area contributed by atoms with Gasteiger partial charge in [0, 0.05) is 19.5 Å². The molecule has 0 atom stereocenters. The molecule has 0 aromatic heterocycles. The molecule has 116 valence electrons. The fraction of sp³-hybridized carbons (Fsp3) is 0.632. The van der Waals surface area contributed by atoms with Crippen LogP contribution < -0.4 is 0 Å². The molecule has 0 spiro atoms. The van der Waals surface area contributed by atoms with Crippen molar-refractivity contribution in [1.29, 1.82) is 0 Å². The summed E-state index contributed by atoms with van der Waals surface area (Å²) in [4.78, 5) is 7.58. The minimum atomic E-state index is 0.574. The van der Waals surface area contributed by atoms with Crippen molar-refractivity contribution in [3.05, 3.63) is 35.9 Å². The van der Waals surface area contributed by atoms with Crippen LogP contribution in [0.1, 0.15) is 57.9 Å². The minimum absolute atomic E-state index is 0.574. The van der Waals surface area contributed by atoms with Gasteiger partial charge in [0.05, 0.1) is 11.9 Å². The van der Waals surface area contributed by atoms with Crippen LogP contribution in [0.2, 0.25) is 0 Å². The third kappa shape index (κ3) is 5.18. The number of hydrogen-bond donors (Lipinski definition) is 0. The molecule has 1 fully saturated rings. The number of aliphatic imine (C=N–C) groups is 1. The van der Waals surface area contributed by atoms with Gasteiger partial charge in [-0.2, -0.15) is 0 Å². The van der Waals surface area contributed by atoms with Crippen molar-refractivity contribution in [2.45, 2.75) is 64.8 Å². The second-order valence-corrected chi connectivity index (χ2v) is 6.00. The van der Waals surface area contributed by atoms with Gasteiger partial charge >= 0.3 is 0 Å². The molecule has 0 radical (unpaired) electrons. The van der Waals surface area contributed by atoms with Crippen LogP contribution in [0.3, 0.4) is 0 Å². The largest absolute Gasteiger partial charge is 0.361 e. The summed E-state index contributed by atoms with van der Waals surface area (Å²) in [6.45, 7) is 6.61. The Morgan fingerprint density at radius 1 is 1.05 bits per heavy atom. The van der Waals surface area contributed by atoms with E-state index in [1.54, 1.807) is 0 Å². The second kappa shape index (κ2) is 8.86. The van der Waals surface area contributed by atoms with Crippen molar-refractivity contribution < 1.29 is 0 Å². The molecule has 0 N–H and O–H groups in total. The Hall–Kier alpha value is -1.31. The van der Waals surface area contributed by atoms with Crippen molar-refractivity contribution >= 4 is 5.84 Å². The van der Waals surface area contributed by atoms with E-state index in [1.807, 2.05) is 0 Å². The lowest BCUT2D eigenvalue weighted by Gasteiger charge is -2.26. The molecule has 21 heavy (non-hydrogen) atoms.